The van der Waals surface area contributed by atoms with Crippen LogP contribution in [-0.2, 0) is 4.79 Å². The van der Waals surface area contributed by atoms with Gasteiger partial charge in [-0.25, -0.2) is 0 Å². The average Bonchev–Trinajstić information content (AvgIpc) is 2.68. The van der Waals surface area contributed by atoms with Crippen LogP contribution in [0.4, 0.5) is 0 Å². The fourth-order valence-electron chi connectivity index (χ4n) is 3.20. The second-order valence-electron chi connectivity index (χ2n) is 7.66. The van der Waals surface area contributed by atoms with Crippen LogP contribution in [0.15, 0.2) is 12.2 Å². The van der Waals surface area contributed by atoms with Crippen molar-refractivity contribution < 1.29 is 15.0 Å². The number of unbranched alkanes of at least 4 members (excludes halogenated alkanes) is 13. The van der Waals surface area contributed by atoms with Gasteiger partial charge in [0.05, 0.1) is 18.8 Å². The maximum absolute atomic E-state index is 11.3. The van der Waals surface area contributed by atoms with E-state index in [1.165, 1.54) is 77.0 Å². The monoisotopic (exact) mass is 383 g/mol. The number of hydrogen-bond donors (Lipinski definition) is 3. The third kappa shape index (κ3) is 17.0. The van der Waals surface area contributed by atoms with Crippen LogP contribution in [0, 0.1) is 0 Å². The molecule has 0 aromatic carbocycles. The number of amides is 1. The molecule has 0 heterocycles. The zero-order valence-electron chi connectivity index (χ0n) is 17.9. The minimum Gasteiger partial charge on any atom is -0.394 e. The van der Waals surface area contributed by atoms with Crippen molar-refractivity contribution >= 4 is 5.91 Å². The van der Waals surface area contributed by atoms with Crippen LogP contribution in [-0.4, -0.2) is 34.9 Å². The number of rotatable bonds is 19. The maximum Gasteiger partial charge on any atom is 0.220 e. The highest BCUT2D eigenvalue weighted by Crippen LogP contribution is 2.13. The van der Waals surface area contributed by atoms with Crippen molar-refractivity contribution in [2.75, 3.05) is 6.61 Å². The normalized spacial score (nSPS) is 13.8. The van der Waals surface area contributed by atoms with Gasteiger partial charge in [0.25, 0.3) is 0 Å². The van der Waals surface area contributed by atoms with Gasteiger partial charge in [-0.1, -0.05) is 103 Å². The highest BCUT2D eigenvalue weighted by molar-refractivity contribution is 5.75. The summed E-state index contributed by atoms with van der Waals surface area (Å²) in [6, 6.07) is -0.611. The summed E-state index contributed by atoms with van der Waals surface area (Å²) in [5.74, 6) is -0.155. The molecule has 0 aliphatic rings. The Kier molecular flexibility index (Phi) is 19.2. The van der Waals surface area contributed by atoms with Crippen LogP contribution in [0.5, 0.6) is 0 Å². The van der Waals surface area contributed by atoms with E-state index in [9.17, 15) is 15.0 Å². The third-order valence-corrected chi connectivity index (χ3v) is 5.08. The molecule has 1 amide bonds. The quantitative estimate of drug-likeness (QED) is 0.210. The fourth-order valence-corrected chi connectivity index (χ4v) is 3.20. The van der Waals surface area contributed by atoms with E-state index in [4.69, 9.17) is 0 Å². The van der Waals surface area contributed by atoms with Crippen LogP contribution >= 0.6 is 0 Å². The molecule has 0 aromatic rings. The van der Waals surface area contributed by atoms with Gasteiger partial charge in [-0.2, -0.15) is 0 Å². The minimum absolute atomic E-state index is 0.155. The van der Waals surface area contributed by atoms with Crippen LogP contribution < -0.4 is 5.32 Å². The lowest BCUT2D eigenvalue weighted by molar-refractivity contribution is -0.122. The number of aliphatic hydroxyl groups excluding tert-OH is 2. The van der Waals surface area contributed by atoms with Crippen LogP contribution in [0.2, 0.25) is 0 Å². The summed E-state index contributed by atoms with van der Waals surface area (Å²) in [5, 5.41) is 21.9. The summed E-state index contributed by atoms with van der Waals surface area (Å²) in [5.41, 5.74) is 0. The van der Waals surface area contributed by atoms with Crippen molar-refractivity contribution in [2.45, 2.75) is 122 Å². The van der Waals surface area contributed by atoms with Gasteiger partial charge in [0.15, 0.2) is 0 Å². The first-order valence-corrected chi connectivity index (χ1v) is 11.4. The summed E-state index contributed by atoms with van der Waals surface area (Å²) in [4.78, 5) is 11.3. The van der Waals surface area contributed by atoms with E-state index < -0.39 is 12.1 Å². The van der Waals surface area contributed by atoms with Crippen LogP contribution in [0.1, 0.15) is 110 Å². The summed E-state index contributed by atoms with van der Waals surface area (Å²) in [7, 11) is 0. The lowest BCUT2D eigenvalue weighted by Gasteiger charge is -2.19. The molecule has 3 N–H and O–H groups in total. The van der Waals surface area contributed by atoms with Gasteiger partial charge in [-0.3, -0.25) is 4.79 Å². The Balaban J connectivity index is 3.47. The third-order valence-electron chi connectivity index (χ3n) is 5.08. The summed E-state index contributed by atoms with van der Waals surface area (Å²) in [6.45, 7) is 3.76. The minimum atomic E-state index is -0.826. The Bertz CT molecular complexity index is 358. The molecular weight excluding hydrogens is 338 g/mol. The molecule has 2 unspecified atom stereocenters. The molecule has 2 atom stereocenters. The van der Waals surface area contributed by atoms with E-state index in [0.717, 1.165) is 12.8 Å². The van der Waals surface area contributed by atoms with Crippen molar-refractivity contribution in [1.82, 2.24) is 5.32 Å². The van der Waals surface area contributed by atoms with Crippen molar-refractivity contribution in [3.63, 3.8) is 0 Å². The van der Waals surface area contributed by atoms with E-state index >= 15 is 0 Å². The predicted octanol–water partition coefficient (Wildman–Crippen LogP) is 5.27. The maximum atomic E-state index is 11.3. The second kappa shape index (κ2) is 19.9. The molecule has 0 bridgehead atoms. The number of nitrogens with one attached hydrogen (secondary N) is 1. The predicted molar refractivity (Wildman–Crippen MR) is 115 cm³/mol. The van der Waals surface area contributed by atoms with Crippen LogP contribution in [0.25, 0.3) is 0 Å². The SMILES string of the molecule is CCCCCCCCCCCCCCC/C=C/C(O)C(CO)NC(=O)CC. The molecular formula is C23H45NO3. The van der Waals surface area contributed by atoms with Gasteiger partial charge >= 0.3 is 0 Å². The van der Waals surface area contributed by atoms with Crippen molar-refractivity contribution in [3.05, 3.63) is 12.2 Å². The lowest BCUT2D eigenvalue weighted by Crippen LogP contribution is -2.44. The molecule has 0 spiro atoms. The topological polar surface area (TPSA) is 69.6 Å². The highest BCUT2D eigenvalue weighted by atomic mass is 16.3. The van der Waals surface area contributed by atoms with Crippen molar-refractivity contribution in [2.24, 2.45) is 0 Å². The molecule has 0 radical (unpaired) electrons. The highest BCUT2D eigenvalue weighted by Gasteiger charge is 2.17. The molecule has 0 saturated heterocycles. The number of aliphatic hydroxyl groups is 2. The summed E-state index contributed by atoms with van der Waals surface area (Å²) < 4.78 is 0. The Morgan fingerprint density at radius 2 is 1.33 bits per heavy atom. The zero-order valence-corrected chi connectivity index (χ0v) is 17.9. The smallest absolute Gasteiger partial charge is 0.220 e. The van der Waals surface area contributed by atoms with Gasteiger partial charge in [-0.15, -0.1) is 0 Å². The molecule has 4 nitrogen and oxygen atoms in total. The molecule has 0 fully saturated rings. The number of carbonyl (C=O) groups is 1. The van der Waals surface area contributed by atoms with Gasteiger partial charge in [0, 0.05) is 6.42 Å². The fraction of sp³-hybridized carbons (Fsp3) is 0.870. The Morgan fingerprint density at radius 1 is 0.852 bits per heavy atom. The molecule has 4 heteroatoms. The van der Waals surface area contributed by atoms with Crippen molar-refractivity contribution in [3.8, 4) is 0 Å². The molecule has 0 aliphatic heterocycles. The number of carbonyl (C=O) groups excluding carboxylic acids is 1. The number of hydrogen-bond acceptors (Lipinski definition) is 3. The van der Waals surface area contributed by atoms with E-state index in [0.29, 0.717) is 6.42 Å². The van der Waals surface area contributed by atoms with E-state index in [1.807, 2.05) is 6.08 Å². The van der Waals surface area contributed by atoms with Gasteiger partial charge in [0.2, 0.25) is 5.91 Å². The molecule has 0 aromatic heterocycles. The van der Waals surface area contributed by atoms with Crippen molar-refractivity contribution in [1.29, 1.82) is 0 Å². The molecule has 0 rings (SSSR count). The second-order valence-corrected chi connectivity index (χ2v) is 7.66. The van der Waals surface area contributed by atoms with Gasteiger partial charge in [0.1, 0.15) is 0 Å². The van der Waals surface area contributed by atoms with E-state index in [1.54, 1.807) is 13.0 Å². The summed E-state index contributed by atoms with van der Waals surface area (Å²) >= 11 is 0. The first-order valence-electron chi connectivity index (χ1n) is 11.4. The molecule has 0 saturated carbocycles. The Morgan fingerprint density at radius 3 is 1.78 bits per heavy atom. The van der Waals surface area contributed by atoms with Crippen LogP contribution in [0.3, 0.4) is 0 Å². The van der Waals surface area contributed by atoms with E-state index in [2.05, 4.69) is 12.2 Å². The molecule has 0 aliphatic carbocycles. The van der Waals surface area contributed by atoms with Gasteiger partial charge < -0.3 is 15.5 Å². The number of allylic oxidation sites excluding steroid dienone is 1. The first kappa shape index (κ1) is 26.1. The molecule has 160 valence electrons. The Hall–Kier alpha value is -0.870. The zero-order chi connectivity index (χ0) is 20.2. The lowest BCUT2D eigenvalue weighted by atomic mass is 10.0. The van der Waals surface area contributed by atoms with E-state index in [-0.39, 0.29) is 12.5 Å². The first-order chi connectivity index (χ1) is 13.2. The van der Waals surface area contributed by atoms with Gasteiger partial charge in [-0.05, 0) is 12.8 Å². The average molecular weight is 384 g/mol. The standard InChI is InChI=1S/C23H45NO3/c1-3-5-6-7-8-9-10-11-12-13-14-15-16-17-18-19-22(26)21(20-25)24-23(27)4-2/h18-19,21-22,25-26H,3-17,20H2,1-2H3,(H,24,27)/b19-18+. The summed E-state index contributed by atoms with van der Waals surface area (Å²) in [6.07, 6.45) is 21.6. The molecule has 27 heavy (non-hydrogen) atoms. The largest absolute Gasteiger partial charge is 0.394 e. The Labute approximate surface area is 167 Å².